The molecule has 0 aliphatic rings. The van der Waals surface area contributed by atoms with E-state index in [-0.39, 0.29) is 19.6 Å². The van der Waals surface area contributed by atoms with E-state index < -0.39 is 11.9 Å². The van der Waals surface area contributed by atoms with Crippen LogP contribution in [0.25, 0.3) is 0 Å². The molecule has 18 heavy (non-hydrogen) atoms. The van der Waals surface area contributed by atoms with E-state index in [1.54, 1.807) is 24.3 Å². The van der Waals surface area contributed by atoms with Gasteiger partial charge in [-0.05, 0) is 24.3 Å². The summed E-state index contributed by atoms with van der Waals surface area (Å²) < 4.78 is 5.67. The fourth-order valence-electron chi connectivity index (χ4n) is 1.11. The second kappa shape index (κ2) is 7.45. The van der Waals surface area contributed by atoms with Crippen molar-refractivity contribution >= 4 is 27.8 Å². The summed E-state index contributed by atoms with van der Waals surface area (Å²) in [4.78, 5) is 22.7. The predicted octanol–water partition coefficient (Wildman–Crippen LogP) is 1.64. The van der Waals surface area contributed by atoms with Gasteiger partial charge in [0.05, 0.1) is 18.1 Å². The number of nitrogens with zero attached hydrogens (tertiary/aromatic N) is 1. The van der Waals surface area contributed by atoms with Gasteiger partial charge in [-0.2, -0.15) is 5.26 Å². The van der Waals surface area contributed by atoms with E-state index in [2.05, 4.69) is 21.2 Å². The molecule has 0 fully saturated rings. The Hall–Kier alpha value is -1.87. The van der Waals surface area contributed by atoms with Gasteiger partial charge < -0.3 is 10.1 Å². The molecule has 0 saturated carbocycles. The van der Waals surface area contributed by atoms with Crippen LogP contribution in [0.5, 0.6) is 0 Å². The number of benzene rings is 1. The van der Waals surface area contributed by atoms with Crippen molar-refractivity contribution in [1.82, 2.24) is 5.32 Å². The number of rotatable bonds is 5. The minimum Gasteiger partial charge on any atom is -0.452 e. The Balaban J connectivity index is 2.35. The molecule has 0 heterocycles. The molecule has 0 aromatic heterocycles. The van der Waals surface area contributed by atoms with Gasteiger partial charge in [0.2, 0.25) is 0 Å². The monoisotopic (exact) mass is 310 g/mol. The van der Waals surface area contributed by atoms with Gasteiger partial charge in [-0.3, -0.25) is 4.79 Å². The maximum Gasteiger partial charge on any atom is 0.338 e. The van der Waals surface area contributed by atoms with Gasteiger partial charge in [0.15, 0.2) is 6.61 Å². The molecule has 0 aliphatic heterocycles. The third-order valence-corrected chi connectivity index (χ3v) is 2.50. The lowest BCUT2D eigenvalue weighted by Gasteiger charge is -2.05. The quantitative estimate of drug-likeness (QED) is 0.662. The highest BCUT2D eigenvalue weighted by Gasteiger charge is 2.09. The largest absolute Gasteiger partial charge is 0.452 e. The number of carbonyl (C=O) groups excluding carboxylic acids is 2. The van der Waals surface area contributed by atoms with E-state index in [1.165, 1.54) is 0 Å². The molecule has 0 atom stereocenters. The SMILES string of the molecule is N#CCCNC(=O)COC(=O)c1ccc(Br)cc1. The molecule has 0 unspecified atom stereocenters. The van der Waals surface area contributed by atoms with E-state index in [0.717, 1.165) is 4.47 Å². The van der Waals surface area contributed by atoms with Gasteiger partial charge in [0, 0.05) is 11.0 Å². The molecule has 1 N–H and O–H groups in total. The highest BCUT2D eigenvalue weighted by Crippen LogP contribution is 2.11. The number of amides is 1. The third kappa shape index (κ3) is 4.97. The van der Waals surface area contributed by atoms with Crippen molar-refractivity contribution < 1.29 is 14.3 Å². The lowest BCUT2D eigenvalue weighted by molar-refractivity contribution is -0.124. The fraction of sp³-hybridized carbons (Fsp3) is 0.250. The molecule has 0 saturated heterocycles. The number of esters is 1. The van der Waals surface area contributed by atoms with Crippen LogP contribution in [-0.4, -0.2) is 25.0 Å². The minimum atomic E-state index is -0.557. The van der Waals surface area contributed by atoms with E-state index in [9.17, 15) is 9.59 Å². The molecule has 1 amide bonds. The zero-order valence-corrected chi connectivity index (χ0v) is 11.1. The predicted molar refractivity (Wildman–Crippen MR) is 67.7 cm³/mol. The molecule has 1 aromatic rings. The third-order valence-electron chi connectivity index (χ3n) is 1.97. The summed E-state index contributed by atoms with van der Waals surface area (Å²) in [6.45, 7) is -0.0918. The van der Waals surface area contributed by atoms with Crippen LogP contribution in [0.1, 0.15) is 16.8 Å². The van der Waals surface area contributed by atoms with Crippen molar-refractivity contribution in [2.45, 2.75) is 6.42 Å². The van der Waals surface area contributed by atoms with Crippen LogP contribution >= 0.6 is 15.9 Å². The Morgan fingerprint density at radius 2 is 2.00 bits per heavy atom. The maximum atomic E-state index is 11.5. The number of hydrogen-bond acceptors (Lipinski definition) is 4. The van der Waals surface area contributed by atoms with Gasteiger partial charge in [-0.15, -0.1) is 0 Å². The number of hydrogen-bond donors (Lipinski definition) is 1. The standard InChI is InChI=1S/C12H11BrN2O3/c13-10-4-2-9(3-5-10)12(17)18-8-11(16)15-7-1-6-14/h2-5H,1,7-8H2,(H,15,16). The second-order valence-electron chi connectivity index (χ2n) is 3.34. The first-order valence-electron chi connectivity index (χ1n) is 5.20. The molecule has 5 nitrogen and oxygen atoms in total. The molecule has 0 bridgehead atoms. The second-order valence-corrected chi connectivity index (χ2v) is 4.26. The van der Waals surface area contributed by atoms with Crippen LogP contribution in [0.4, 0.5) is 0 Å². The fourth-order valence-corrected chi connectivity index (χ4v) is 1.37. The van der Waals surface area contributed by atoms with Crippen LogP contribution in [0.15, 0.2) is 28.7 Å². The smallest absolute Gasteiger partial charge is 0.338 e. The first-order valence-corrected chi connectivity index (χ1v) is 5.99. The zero-order valence-electron chi connectivity index (χ0n) is 9.48. The van der Waals surface area contributed by atoms with Crippen LogP contribution in [0, 0.1) is 11.3 Å². The van der Waals surface area contributed by atoms with Crippen LogP contribution in [0.3, 0.4) is 0 Å². The molecular formula is C12H11BrN2O3. The summed E-state index contributed by atoms with van der Waals surface area (Å²) in [5.41, 5.74) is 0.378. The number of ether oxygens (including phenoxy) is 1. The van der Waals surface area contributed by atoms with Gasteiger partial charge in [0.1, 0.15) is 0 Å². The van der Waals surface area contributed by atoms with Crippen molar-refractivity contribution in [3.63, 3.8) is 0 Å². The molecule has 94 valence electrons. The molecule has 1 aromatic carbocycles. The van der Waals surface area contributed by atoms with Gasteiger partial charge >= 0.3 is 5.97 Å². The van der Waals surface area contributed by atoms with Crippen molar-refractivity contribution in [3.8, 4) is 6.07 Å². The summed E-state index contributed by atoms with van der Waals surface area (Å²) in [6.07, 6.45) is 0.229. The van der Waals surface area contributed by atoms with Crippen molar-refractivity contribution in [2.75, 3.05) is 13.2 Å². The Bertz CT molecular complexity index is 465. The Morgan fingerprint density at radius 3 is 2.61 bits per heavy atom. The Labute approximate surface area is 113 Å². The van der Waals surface area contributed by atoms with Crippen molar-refractivity contribution in [3.05, 3.63) is 34.3 Å². The first kappa shape index (κ1) is 14.2. The lowest BCUT2D eigenvalue weighted by Crippen LogP contribution is -2.29. The normalized spacial score (nSPS) is 9.33. The number of carbonyl (C=O) groups is 2. The Morgan fingerprint density at radius 1 is 1.33 bits per heavy atom. The summed E-state index contributed by atoms with van der Waals surface area (Å²) in [5, 5.41) is 10.7. The molecule has 1 rings (SSSR count). The maximum absolute atomic E-state index is 11.5. The number of nitriles is 1. The van der Waals surface area contributed by atoms with E-state index in [0.29, 0.717) is 5.56 Å². The highest BCUT2D eigenvalue weighted by molar-refractivity contribution is 9.10. The summed E-state index contributed by atoms with van der Waals surface area (Å²) in [7, 11) is 0. The number of halogens is 1. The lowest BCUT2D eigenvalue weighted by atomic mass is 10.2. The number of nitrogens with one attached hydrogen (secondary N) is 1. The molecule has 0 aliphatic carbocycles. The summed E-state index contributed by atoms with van der Waals surface area (Å²) in [5.74, 6) is -0.978. The van der Waals surface area contributed by atoms with Gasteiger partial charge in [0.25, 0.3) is 5.91 Å². The van der Waals surface area contributed by atoms with Crippen LogP contribution < -0.4 is 5.32 Å². The molecular weight excluding hydrogens is 300 g/mol. The average Bonchev–Trinajstić information content (AvgIpc) is 2.37. The van der Waals surface area contributed by atoms with Gasteiger partial charge in [-0.25, -0.2) is 4.79 Å². The Kier molecular flexibility index (Phi) is 5.88. The van der Waals surface area contributed by atoms with E-state index in [1.807, 2.05) is 6.07 Å². The highest BCUT2D eigenvalue weighted by atomic mass is 79.9. The topological polar surface area (TPSA) is 79.2 Å². The minimum absolute atomic E-state index is 0.229. The van der Waals surface area contributed by atoms with Gasteiger partial charge in [-0.1, -0.05) is 15.9 Å². The zero-order chi connectivity index (χ0) is 13.4. The summed E-state index contributed by atoms with van der Waals surface area (Å²) in [6, 6.07) is 8.51. The van der Waals surface area contributed by atoms with Crippen molar-refractivity contribution in [1.29, 1.82) is 5.26 Å². The summed E-state index contributed by atoms with van der Waals surface area (Å²) >= 11 is 3.25. The molecule has 0 spiro atoms. The molecule has 0 radical (unpaired) electrons. The molecule has 6 heteroatoms. The van der Waals surface area contributed by atoms with E-state index in [4.69, 9.17) is 10.00 Å². The van der Waals surface area contributed by atoms with E-state index >= 15 is 0 Å². The van der Waals surface area contributed by atoms with Crippen molar-refractivity contribution in [2.24, 2.45) is 0 Å². The van der Waals surface area contributed by atoms with Crippen LogP contribution in [0.2, 0.25) is 0 Å². The first-order chi connectivity index (χ1) is 8.63. The van der Waals surface area contributed by atoms with Crippen LogP contribution in [-0.2, 0) is 9.53 Å². The average molecular weight is 311 g/mol.